The molecule has 0 saturated carbocycles. The van der Waals surface area contributed by atoms with Gasteiger partial charge in [-0.05, 0) is 91.3 Å². The first-order valence-corrected chi connectivity index (χ1v) is 14.2. The third-order valence-electron chi connectivity index (χ3n) is 5.73. The predicted octanol–water partition coefficient (Wildman–Crippen LogP) is 8.44. The van der Waals surface area contributed by atoms with Crippen LogP contribution in [-0.4, -0.2) is 25.6 Å². The number of ether oxygens (including phenoxy) is 3. The number of carbonyl (C=O) groups excluding carboxylic acids is 2. The molecule has 0 spiro atoms. The molecule has 0 unspecified atom stereocenters. The Morgan fingerprint density at radius 1 is 0.825 bits per heavy atom. The lowest BCUT2D eigenvalue weighted by Gasteiger charge is -2.16. The standard InChI is InChI=1S/C31H27Cl2NO5S/c1-3-38-30(35)17-20-4-14-28(37-2)29(16-20)39-27-15-11-25(34-31(36)21-5-7-23(32)8-6-21)18-22(27)19-40-26-12-9-24(33)10-13-26/h4-16,18H,3,17,19H2,1-2H3,(H,34,36). The van der Waals surface area contributed by atoms with E-state index in [1.165, 1.54) is 0 Å². The molecule has 0 atom stereocenters. The van der Waals surface area contributed by atoms with E-state index in [2.05, 4.69) is 5.32 Å². The van der Waals surface area contributed by atoms with Gasteiger partial charge < -0.3 is 19.5 Å². The number of esters is 1. The summed E-state index contributed by atoms with van der Waals surface area (Å²) >= 11 is 13.6. The Morgan fingerprint density at radius 2 is 1.50 bits per heavy atom. The van der Waals surface area contributed by atoms with Crippen LogP contribution in [-0.2, 0) is 21.7 Å². The minimum Gasteiger partial charge on any atom is -0.493 e. The van der Waals surface area contributed by atoms with E-state index in [0.717, 1.165) is 16.0 Å². The Balaban J connectivity index is 1.62. The van der Waals surface area contributed by atoms with Crippen LogP contribution < -0.4 is 14.8 Å². The van der Waals surface area contributed by atoms with E-state index >= 15 is 0 Å². The van der Waals surface area contributed by atoms with Gasteiger partial charge in [0.25, 0.3) is 5.91 Å². The number of benzene rings is 4. The fraction of sp³-hybridized carbons (Fsp3) is 0.161. The van der Waals surface area contributed by atoms with Crippen LogP contribution in [0.25, 0.3) is 0 Å². The number of thioether (sulfide) groups is 1. The van der Waals surface area contributed by atoms with Crippen LogP contribution in [0.3, 0.4) is 0 Å². The van der Waals surface area contributed by atoms with Gasteiger partial charge in [-0.1, -0.05) is 29.3 Å². The largest absolute Gasteiger partial charge is 0.493 e. The van der Waals surface area contributed by atoms with Crippen LogP contribution in [0.2, 0.25) is 10.0 Å². The second-order valence-corrected chi connectivity index (χ2v) is 10.5. The van der Waals surface area contributed by atoms with Crippen molar-refractivity contribution in [3.8, 4) is 17.2 Å². The highest BCUT2D eigenvalue weighted by molar-refractivity contribution is 7.98. The van der Waals surface area contributed by atoms with E-state index in [1.54, 1.807) is 80.4 Å². The first-order chi connectivity index (χ1) is 19.3. The fourth-order valence-electron chi connectivity index (χ4n) is 3.77. The molecule has 0 radical (unpaired) electrons. The van der Waals surface area contributed by atoms with Gasteiger partial charge in [0.1, 0.15) is 5.75 Å². The van der Waals surface area contributed by atoms with Crippen LogP contribution in [0.15, 0.2) is 89.8 Å². The van der Waals surface area contributed by atoms with Crippen molar-refractivity contribution >= 4 is 52.5 Å². The average molecular weight is 597 g/mol. The molecule has 0 aliphatic carbocycles. The summed E-state index contributed by atoms with van der Waals surface area (Å²) in [6.45, 7) is 2.08. The number of nitrogens with one attached hydrogen (secondary N) is 1. The molecule has 1 amide bonds. The minimum absolute atomic E-state index is 0.114. The topological polar surface area (TPSA) is 73.9 Å². The van der Waals surface area contributed by atoms with Gasteiger partial charge in [0.15, 0.2) is 11.5 Å². The van der Waals surface area contributed by atoms with Gasteiger partial charge in [0, 0.05) is 37.5 Å². The molecule has 4 rings (SSSR count). The molecule has 0 heterocycles. The van der Waals surface area contributed by atoms with Gasteiger partial charge in [-0.25, -0.2) is 0 Å². The van der Waals surface area contributed by atoms with Crippen LogP contribution >= 0.6 is 35.0 Å². The Labute approximate surface area is 247 Å². The quantitative estimate of drug-likeness (QED) is 0.138. The van der Waals surface area contributed by atoms with E-state index < -0.39 is 0 Å². The van der Waals surface area contributed by atoms with Crippen molar-refractivity contribution < 1.29 is 23.8 Å². The van der Waals surface area contributed by atoms with Crippen molar-refractivity contribution in [1.29, 1.82) is 0 Å². The van der Waals surface area contributed by atoms with E-state index in [0.29, 0.717) is 50.9 Å². The molecular formula is C31H27Cl2NO5S. The zero-order valence-corrected chi connectivity index (χ0v) is 24.2. The van der Waals surface area contributed by atoms with E-state index in [1.807, 2.05) is 30.3 Å². The van der Waals surface area contributed by atoms with E-state index in [9.17, 15) is 9.59 Å². The first-order valence-electron chi connectivity index (χ1n) is 12.4. The van der Waals surface area contributed by atoms with Gasteiger partial charge in [0.2, 0.25) is 0 Å². The molecule has 4 aromatic rings. The molecule has 0 aliphatic rings. The molecule has 206 valence electrons. The third kappa shape index (κ3) is 8.18. The van der Waals surface area contributed by atoms with Gasteiger partial charge in [-0.2, -0.15) is 0 Å². The average Bonchev–Trinajstić information content (AvgIpc) is 2.94. The highest BCUT2D eigenvalue weighted by atomic mass is 35.5. The molecule has 0 fully saturated rings. The number of carbonyl (C=O) groups is 2. The SMILES string of the molecule is CCOC(=O)Cc1ccc(OC)c(Oc2ccc(NC(=O)c3ccc(Cl)cc3)cc2CSc2ccc(Cl)cc2)c1. The van der Waals surface area contributed by atoms with Gasteiger partial charge in [0.05, 0.1) is 20.1 Å². The van der Waals surface area contributed by atoms with E-state index in [-0.39, 0.29) is 18.3 Å². The van der Waals surface area contributed by atoms with Gasteiger partial charge >= 0.3 is 5.97 Å². The lowest BCUT2D eigenvalue weighted by atomic mass is 10.1. The molecule has 0 saturated heterocycles. The normalized spacial score (nSPS) is 10.6. The molecule has 40 heavy (non-hydrogen) atoms. The summed E-state index contributed by atoms with van der Waals surface area (Å²) in [5.41, 5.74) is 2.68. The lowest BCUT2D eigenvalue weighted by molar-refractivity contribution is -0.142. The zero-order valence-electron chi connectivity index (χ0n) is 21.9. The Kier molecular flexibility index (Phi) is 10.4. The minimum atomic E-state index is -0.320. The number of anilines is 1. The van der Waals surface area contributed by atoms with Crippen LogP contribution in [0.1, 0.15) is 28.4 Å². The molecule has 1 N–H and O–H groups in total. The van der Waals surface area contributed by atoms with Crippen molar-refractivity contribution in [2.45, 2.75) is 24.0 Å². The summed E-state index contributed by atoms with van der Waals surface area (Å²) in [5.74, 6) is 1.53. The number of halogens is 2. The smallest absolute Gasteiger partial charge is 0.310 e. The summed E-state index contributed by atoms with van der Waals surface area (Å²) in [6.07, 6.45) is 0.114. The molecular weight excluding hydrogens is 569 g/mol. The van der Waals surface area contributed by atoms with Gasteiger partial charge in [-0.15, -0.1) is 11.8 Å². The first kappa shape index (κ1) is 29.3. The number of amides is 1. The van der Waals surface area contributed by atoms with Crippen molar-refractivity contribution in [2.75, 3.05) is 19.0 Å². The Morgan fingerprint density at radius 3 is 2.17 bits per heavy atom. The highest BCUT2D eigenvalue weighted by Gasteiger charge is 2.15. The maximum atomic E-state index is 12.8. The number of hydrogen-bond acceptors (Lipinski definition) is 6. The van der Waals surface area contributed by atoms with Crippen molar-refractivity contribution in [2.24, 2.45) is 0 Å². The monoisotopic (exact) mass is 595 g/mol. The molecule has 9 heteroatoms. The van der Waals surface area contributed by atoms with Crippen molar-refractivity contribution in [3.05, 3.63) is 112 Å². The van der Waals surface area contributed by atoms with Crippen molar-refractivity contribution in [1.82, 2.24) is 0 Å². The predicted molar refractivity (Wildman–Crippen MR) is 160 cm³/mol. The summed E-state index contributed by atoms with van der Waals surface area (Å²) in [6, 6.07) is 25.0. The summed E-state index contributed by atoms with van der Waals surface area (Å²) in [7, 11) is 1.56. The molecule has 0 aromatic heterocycles. The fourth-order valence-corrected chi connectivity index (χ4v) is 4.90. The van der Waals surface area contributed by atoms with Crippen molar-refractivity contribution in [3.63, 3.8) is 0 Å². The maximum absolute atomic E-state index is 12.8. The molecule has 4 aromatic carbocycles. The molecule has 0 bridgehead atoms. The maximum Gasteiger partial charge on any atom is 0.310 e. The number of rotatable bonds is 11. The summed E-state index contributed by atoms with van der Waals surface area (Å²) in [4.78, 5) is 25.9. The number of hydrogen-bond donors (Lipinski definition) is 1. The highest BCUT2D eigenvalue weighted by Crippen LogP contribution is 2.37. The third-order valence-corrected chi connectivity index (χ3v) is 7.30. The Hall–Kier alpha value is -3.65. The zero-order chi connectivity index (χ0) is 28.5. The van der Waals surface area contributed by atoms with Crippen LogP contribution in [0.5, 0.6) is 17.2 Å². The number of methoxy groups -OCH3 is 1. The van der Waals surface area contributed by atoms with Gasteiger partial charge in [-0.3, -0.25) is 9.59 Å². The summed E-state index contributed by atoms with van der Waals surface area (Å²) in [5, 5.41) is 4.16. The Bertz CT molecular complexity index is 1480. The van der Waals surface area contributed by atoms with E-state index in [4.69, 9.17) is 37.4 Å². The second-order valence-electron chi connectivity index (χ2n) is 8.60. The lowest BCUT2D eigenvalue weighted by Crippen LogP contribution is -2.12. The van der Waals surface area contributed by atoms with Crippen LogP contribution in [0.4, 0.5) is 5.69 Å². The van der Waals surface area contributed by atoms with Crippen LogP contribution in [0, 0.1) is 0 Å². The molecule has 0 aliphatic heterocycles. The summed E-state index contributed by atoms with van der Waals surface area (Å²) < 4.78 is 16.9. The molecule has 6 nitrogen and oxygen atoms in total. The second kappa shape index (κ2) is 14.1.